The van der Waals surface area contributed by atoms with Crippen molar-refractivity contribution in [3.05, 3.63) is 0 Å². The van der Waals surface area contributed by atoms with Crippen LogP contribution in [0.1, 0.15) is 26.7 Å². The second kappa shape index (κ2) is 5.57. The number of hydrogen-bond donors (Lipinski definition) is 1. The lowest BCUT2D eigenvalue weighted by Crippen LogP contribution is -2.56. The highest BCUT2D eigenvalue weighted by Gasteiger charge is 2.44. The average molecular weight is 245 g/mol. The van der Waals surface area contributed by atoms with Gasteiger partial charge in [0.2, 0.25) is 5.91 Å². The van der Waals surface area contributed by atoms with Crippen molar-refractivity contribution in [2.24, 2.45) is 5.92 Å². The number of esters is 1. The van der Waals surface area contributed by atoms with Crippen LogP contribution in [-0.4, -0.2) is 36.0 Å². The van der Waals surface area contributed by atoms with Crippen LogP contribution in [0.5, 0.6) is 0 Å². The van der Waals surface area contributed by atoms with Gasteiger partial charge in [-0.05, 0) is 18.6 Å². The lowest BCUT2D eigenvalue weighted by Gasteiger charge is -2.27. The molecule has 1 rings (SSSR count). The van der Waals surface area contributed by atoms with Gasteiger partial charge in [0.15, 0.2) is 0 Å². The number of methoxy groups -OCH3 is 1. The fraction of sp³-hybridized carbons (Fsp3) is 0.818. The number of nitrogens with one attached hydrogen (secondary N) is 1. The number of ether oxygens (including phenoxy) is 1. The molecular weight excluding hydrogens is 226 g/mol. The number of carbonyl (C=O) groups excluding carboxylic acids is 2. The maximum atomic E-state index is 11.8. The van der Waals surface area contributed by atoms with E-state index in [2.05, 4.69) is 5.32 Å². The number of carbonyl (C=O) groups is 2. The van der Waals surface area contributed by atoms with E-state index in [1.165, 1.54) is 7.11 Å². The molecule has 0 bridgehead atoms. The van der Waals surface area contributed by atoms with Gasteiger partial charge in [-0.1, -0.05) is 13.8 Å². The summed E-state index contributed by atoms with van der Waals surface area (Å²) < 4.78 is 4.78. The second-order valence-corrected chi connectivity index (χ2v) is 5.28. The van der Waals surface area contributed by atoms with Gasteiger partial charge in [-0.25, -0.2) is 4.79 Å². The maximum absolute atomic E-state index is 11.8. The highest BCUT2D eigenvalue weighted by atomic mass is 32.2. The zero-order valence-electron chi connectivity index (χ0n) is 10.0. The van der Waals surface area contributed by atoms with Crippen LogP contribution in [0.4, 0.5) is 0 Å². The van der Waals surface area contributed by atoms with Crippen LogP contribution in [-0.2, 0) is 14.3 Å². The first-order chi connectivity index (χ1) is 7.55. The summed E-state index contributed by atoms with van der Waals surface area (Å²) in [6.45, 7) is 3.82. The van der Waals surface area contributed by atoms with Crippen molar-refractivity contribution in [3.8, 4) is 0 Å². The molecule has 0 aromatic rings. The molecule has 0 radical (unpaired) electrons. The van der Waals surface area contributed by atoms with Crippen LogP contribution >= 0.6 is 11.8 Å². The molecule has 0 aromatic carbocycles. The monoisotopic (exact) mass is 245 g/mol. The number of amides is 1. The first-order valence-electron chi connectivity index (χ1n) is 5.54. The van der Waals surface area contributed by atoms with Gasteiger partial charge in [0.1, 0.15) is 5.54 Å². The van der Waals surface area contributed by atoms with Crippen molar-refractivity contribution in [1.82, 2.24) is 5.32 Å². The second-order valence-electron chi connectivity index (χ2n) is 4.17. The topological polar surface area (TPSA) is 55.4 Å². The van der Waals surface area contributed by atoms with E-state index in [0.29, 0.717) is 12.2 Å². The summed E-state index contributed by atoms with van der Waals surface area (Å²) in [6.07, 6.45) is 1.43. The molecular formula is C11H19NO3S. The molecule has 1 N–H and O–H groups in total. The predicted molar refractivity (Wildman–Crippen MR) is 64.3 cm³/mol. The normalized spacial score (nSPS) is 26.2. The van der Waals surface area contributed by atoms with Gasteiger partial charge in [0.25, 0.3) is 0 Å². The first-order valence-corrected chi connectivity index (χ1v) is 6.69. The summed E-state index contributed by atoms with van der Waals surface area (Å²) in [6, 6.07) is 0. The van der Waals surface area contributed by atoms with Crippen molar-refractivity contribution in [1.29, 1.82) is 0 Å². The molecule has 16 heavy (non-hydrogen) atoms. The molecule has 1 amide bonds. The Kier molecular flexibility index (Phi) is 4.65. The van der Waals surface area contributed by atoms with Gasteiger partial charge >= 0.3 is 5.97 Å². The van der Waals surface area contributed by atoms with E-state index in [-0.39, 0.29) is 17.8 Å². The quantitative estimate of drug-likeness (QED) is 0.756. The molecule has 1 aliphatic rings. The molecule has 1 fully saturated rings. The fourth-order valence-electron chi connectivity index (χ4n) is 1.62. The van der Waals surface area contributed by atoms with Crippen molar-refractivity contribution >= 4 is 23.6 Å². The summed E-state index contributed by atoms with van der Waals surface area (Å²) >= 11 is 1.67. The Morgan fingerprint density at radius 1 is 1.56 bits per heavy atom. The van der Waals surface area contributed by atoms with E-state index in [0.717, 1.165) is 12.2 Å². The number of thioether (sulfide) groups is 1. The highest BCUT2D eigenvalue weighted by Crippen LogP contribution is 2.29. The zero-order valence-corrected chi connectivity index (χ0v) is 10.9. The predicted octanol–water partition coefficient (Wildman–Crippen LogP) is 1.20. The van der Waals surface area contributed by atoms with Crippen molar-refractivity contribution < 1.29 is 14.3 Å². The molecule has 92 valence electrons. The van der Waals surface area contributed by atoms with E-state index >= 15 is 0 Å². The Morgan fingerprint density at radius 3 is 2.69 bits per heavy atom. The van der Waals surface area contributed by atoms with Crippen LogP contribution in [0.2, 0.25) is 0 Å². The van der Waals surface area contributed by atoms with E-state index in [9.17, 15) is 9.59 Å². The van der Waals surface area contributed by atoms with Crippen LogP contribution in [0.25, 0.3) is 0 Å². The summed E-state index contributed by atoms with van der Waals surface area (Å²) in [7, 11) is 1.36. The van der Waals surface area contributed by atoms with Crippen LogP contribution in [0, 0.1) is 5.92 Å². The van der Waals surface area contributed by atoms with E-state index < -0.39 is 5.54 Å². The van der Waals surface area contributed by atoms with Crippen molar-refractivity contribution in [2.75, 3.05) is 18.6 Å². The zero-order chi connectivity index (χ0) is 12.2. The van der Waals surface area contributed by atoms with Gasteiger partial charge in [-0.2, -0.15) is 11.8 Å². The third-order valence-electron chi connectivity index (χ3n) is 3.02. The van der Waals surface area contributed by atoms with Crippen molar-refractivity contribution in [3.63, 3.8) is 0 Å². The van der Waals surface area contributed by atoms with Crippen LogP contribution < -0.4 is 5.32 Å². The van der Waals surface area contributed by atoms with Gasteiger partial charge in [0, 0.05) is 11.7 Å². The maximum Gasteiger partial charge on any atom is 0.332 e. The SMILES string of the molecule is CC[C@@H](C)C(=O)N[C@]1(C(=O)OC)CCSC1. The van der Waals surface area contributed by atoms with E-state index in [1.54, 1.807) is 11.8 Å². The fourth-order valence-corrected chi connectivity index (χ4v) is 2.94. The molecule has 5 heteroatoms. The minimum Gasteiger partial charge on any atom is -0.467 e. The summed E-state index contributed by atoms with van der Waals surface area (Å²) in [4.78, 5) is 23.6. The molecule has 0 saturated carbocycles. The lowest BCUT2D eigenvalue weighted by atomic mass is 9.97. The van der Waals surface area contributed by atoms with Crippen LogP contribution in [0.3, 0.4) is 0 Å². The molecule has 0 spiro atoms. The highest BCUT2D eigenvalue weighted by molar-refractivity contribution is 7.99. The van der Waals surface area contributed by atoms with Gasteiger partial charge in [-0.15, -0.1) is 0 Å². The van der Waals surface area contributed by atoms with E-state index in [1.807, 2.05) is 13.8 Å². The average Bonchev–Trinajstić information content (AvgIpc) is 2.76. The third kappa shape index (κ3) is 2.70. The van der Waals surface area contributed by atoms with Crippen molar-refractivity contribution in [2.45, 2.75) is 32.2 Å². The van der Waals surface area contributed by atoms with Crippen LogP contribution in [0.15, 0.2) is 0 Å². The molecule has 0 aromatic heterocycles. The molecule has 0 unspecified atom stereocenters. The van der Waals surface area contributed by atoms with Gasteiger partial charge < -0.3 is 10.1 Å². The molecule has 2 atom stereocenters. The lowest BCUT2D eigenvalue weighted by molar-refractivity contribution is -0.150. The summed E-state index contributed by atoms with van der Waals surface area (Å²) in [5.41, 5.74) is -0.792. The number of rotatable bonds is 4. The summed E-state index contributed by atoms with van der Waals surface area (Å²) in [5.74, 6) is 1.05. The van der Waals surface area contributed by atoms with E-state index in [4.69, 9.17) is 4.74 Å². The molecule has 1 saturated heterocycles. The minimum absolute atomic E-state index is 0.0598. The summed E-state index contributed by atoms with van der Waals surface area (Å²) in [5, 5.41) is 2.86. The first kappa shape index (κ1) is 13.4. The van der Waals surface area contributed by atoms with Gasteiger partial charge in [0.05, 0.1) is 7.11 Å². The largest absolute Gasteiger partial charge is 0.467 e. The Bertz CT molecular complexity index is 274. The Morgan fingerprint density at radius 2 is 2.25 bits per heavy atom. The Labute approximate surface area is 100 Å². The minimum atomic E-state index is -0.792. The molecule has 1 aliphatic heterocycles. The molecule has 1 heterocycles. The Balaban J connectivity index is 2.72. The third-order valence-corrected chi connectivity index (χ3v) is 4.21. The van der Waals surface area contributed by atoms with Gasteiger partial charge in [-0.3, -0.25) is 4.79 Å². The molecule has 0 aliphatic carbocycles. The number of hydrogen-bond acceptors (Lipinski definition) is 4. The Hall–Kier alpha value is -0.710. The smallest absolute Gasteiger partial charge is 0.332 e. The standard InChI is InChI=1S/C11H19NO3S/c1-4-8(2)9(13)12-11(10(14)15-3)5-6-16-7-11/h8H,4-7H2,1-3H3,(H,12,13)/t8-,11-/m1/s1. The molecule has 4 nitrogen and oxygen atoms in total.